The summed E-state index contributed by atoms with van der Waals surface area (Å²) in [7, 11) is 0. The van der Waals surface area contributed by atoms with Gasteiger partial charge in [0.2, 0.25) is 0 Å². The van der Waals surface area contributed by atoms with Gasteiger partial charge >= 0.3 is 0 Å². The third-order valence-electron chi connectivity index (χ3n) is 3.41. The van der Waals surface area contributed by atoms with Crippen LogP contribution < -0.4 is 0 Å². The topological polar surface area (TPSA) is 37.3 Å². The number of ketones is 1. The molecule has 0 spiro atoms. The normalized spacial score (nSPS) is 19.0. The fraction of sp³-hybridized carbons (Fsp3) is 0.500. The number of hydrogen-bond donors (Lipinski definition) is 1. The van der Waals surface area contributed by atoms with Crippen molar-refractivity contribution in [1.82, 2.24) is 0 Å². The summed E-state index contributed by atoms with van der Waals surface area (Å²) < 4.78 is 13.2. The van der Waals surface area contributed by atoms with E-state index in [0.717, 1.165) is 19.3 Å². The van der Waals surface area contributed by atoms with Gasteiger partial charge in [-0.25, -0.2) is 4.39 Å². The summed E-state index contributed by atoms with van der Waals surface area (Å²) in [5, 5.41) is 10.3. The van der Waals surface area contributed by atoms with Crippen molar-refractivity contribution in [3.05, 3.63) is 35.1 Å². The minimum absolute atomic E-state index is 0.284. The highest BCUT2D eigenvalue weighted by Crippen LogP contribution is 2.31. The van der Waals surface area contributed by atoms with Gasteiger partial charge in [0, 0.05) is 5.56 Å². The maximum atomic E-state index is 13.2. The van der Waals surface area contributed by atoms with Crippen molar-refractivity contribution in [3.8, 4) is 0 Å². The first kappa shape index (κ1) is 12.2. The highest BCUT2D eigenvalue weighted by atomic mass is 19.1. The Kier molecular flexibility index (Phi) is 3.29. The van der Waals surface area contributed by atoms with E-state index in [1.165, 1.54) is 12.1 Å². The molecule has 17 heavy (non-hydrogen) atoms. The molecule has 2 nitrogen and oxygen atoms in total. The molecule has 2 rings (SSSR count). The Morgan fingerprint density at radius 2 is 1.88 bits per heavy atom. The van der Waals surface area contributed by atoms with Crippen LogP contribution in [0.25, 0.3) is 0 Å². The number of hydrogen-bond acceptors (Lipinski definition) is 2. The summed E-state index contributed by atoms with van der Waals surface area (Å²) in [6.07, 6.45) is 3.74. The lowest BCUT2D eigenvalue weighted by Gasteiger charge is -2.30. The Morgan fingerprint density at radius 1 is 1.24 bits per heavy atom. The van der Waals surface area contributed by atoms with E-state index in [4.69, 9.17) is 0 Å². The summed E-state index contributed by atoms with van der Waals surface area (Å²) in [5.41, 5.74) is -0.293. The molecule has 1 aliphatic carbocycles. The number of rotatable bonds is 2. The van der Waals surface area contributed by atoms with Crippen LogP contribution in [0.3, 0.4) is 0 Å². The summed E-state index contributed by atoms with van der Waals surface area (Å²) in [6.45, 7) is 1.74. The Bertz CT molecular complexity index is 414. The monoisotopic (exact) mass is 236 g/mol. The van der Waals surface area contributed by atoms with Crippen LogP contribution in [0, 0.1) is 12.7 Å². The second-order valence-corrected chi connectivity index (χ2v) is 4.94. The molecular weight excluding hydrogens is 219 g/mol. The third-order valence-corrected chi connectivity index (χ3v) is 3.41. The zero-order valence-electron chi connectivity index (χ0n) is 10.0. The van der Waals surface area contributed by atoms with Gasteiger partial charge in [-0.05, 0) is 43.5 Å². The molecule has 0 aromatic heterocycles. The summed E-state index contributed by atoms with van der Waals surface area (Å²) >= 11 is 0. The zero-order chi connectivity index (χ0) is 12.5. The van der Waals surface area contributed by atoms with E-state index in [1.54, 1.807) is 13.0 Å². The standard InChI is InChI=1S/C14H17FO2/c1-10-7-11(9-12(15)8-10)13(16)14(17)5-3-2-4-6-14/h7-9,17H,2-6H2,1H3. The quantitative estimate of drug-likeness (QED) is 0.801. The second kappa shape index (κ2) is 4.57. The molecule has 1 N–H and O–H groups in total. The fourth-order valence-corrected chi connectivity index (χ4v) is 2.50. The van der Waals surface area contributed by atoms with Gasteiger partial charge in [-0.1, -0.05) is 19.3 Å². The van der Waals surface area contributed by atoms with Gasteiger partial charge in [0.1, 0.15) is 11.4 Å². The highest BCUT2D eigenvalue weighted by molar-refractivity contribution is 6.02. The molecule has 1 fully saturated rings. The minimum atomic E-state index is -1.28. The first-order chi connectivity index (χ1) is 8.01. The molecular formula is C14H17FO2. The molecule has 0 bridgehead atoms. The average molecular weight is 236 g/mol. The molecule has 1 aromatic rings. The van der Waals surface area contributed by atoms with Gasteiger partial charge in [-0.3, -0.25) is 4.79 Å². The number of aryl methyl sites for hydroxylation is 1. The van der Waals surface area contributed by atoms with Crippen molar-refractivity contribution in [2.24, 2.45) is 0 Å². The number of carbonyl (C=O) groups is 1. The zero-order valence-corrected chi connectivity index (χ0v) is 10.0. The molecule has 92 valence electrons. The van der Waals surface area contributed by atoms with Crippen LogP contribution in [0.5, 0.6) is 0 Å². The summed E-state index contributed by atoms with van der Waals surface area (Å²) in [6, 6.07) is 4.22. The molecule has 1 saturated carbocycles. The largest absolute Gasteiger partial charge is 0.382 e. The van der Waals surface area contributed by atoms with Gasteiger partial charge in [0.15, 0.2) is 5.78 Å². The van der Waals surface area contributed by atoms with Gasteiger partial charge in [-0.2, -0.15) is 0 Å². The number of aliphatic hydroxyl groups is 1. The van der Waals surface area contributed by atoms with Gasteiger partial charge in [0.25, 0.3) is 0 Å². The number of benzene rings is 1. The maximum absolute atomic E-state index is 13.2. The van der Waals surface area contributed by atoms with Crippen LogP contribution in [-0.4, -0.2) is 16.5 Å². The van der Waals surface area contributed by atoms with Crippen LogP contribution in [0.4, 0.5) is 4.39 Å². The highest BCUT2D eigenvalue weighted by Gasteiger charge is 2.37. The fourth-order valence-electron chi connectivity index (χ4n) is 2.50. The maximum Gasteiger partial charge on any atom is 0.194 e. The van der Waals surface area contributed by atoms with Gasteiger partial charge < -0.3 is 5.11 Å². The van der Waals surface area contributed by atoms with Crippen molar-refractivity contribution < 1.29 is 14.3 Å². The van der Waals surface area contributed by atoms with Crippen molar-refractivity contribution in [3.63, 3.8) is 0 Å². The molecule has 1 aliphatic rings. The van der Waals surface area contributed by atoms with Crippen LogP contribution in [0.15, 0.2) is 18.2 Å². The predicted octanol–water partition coefficient (Wildman–Crippen LogP) is 3.01. The van der Waals surface area contributed by atoms with E-state index in [-0.39, 0.29) is 11.3 Å². The van der Waals surface area contributed by atoms with E-state index in [9.17, 15) is 14.3 Å². The molecule has 0 radical (unpaired) electrons. The Labute approximate surface area is 100 Å². The number of Topliss-reactive ketones (excluding diaryl/α,β-unsaturated/α-hetero) is 1. The minimum Gasteiger partial charge on any atom is -0.382 e. The lowest BCUT2D eigenvalue weighted by atomic mass is 9.79. The average Bonchev–Trinajstić information content (AvgIpc) is 2.27. The molecule has 0 aliphatic heterocycles. The lowest BCUT2D eigenvalue weighted by molar-refractivity contribution is 0.0116. The summed E-state index contributed by atoms with van der Waals surface area (Å²) in [4.78, 5) is 12.2. The summed E-state index contributed by atoms with van der Waals surface area (Å²) in [5.74, 6) is -0.757. The third kappa shape index (κ3) is 2.55. The molecule has 0 atom stereocenters. The molecule has 0 amide bonds. The molecule has 0 saturated heterocycles. The van der Waals surface area contributed by atoms with Crippen LogP contribution in [0.1, 0.15) is 48.0 Å². The second-order valence-electron chi connectivity index (χ2n) is 4.94. The smallest absolute Gasteiger partial charge is 0.194 e. The molecule has 0 unspecified atom stereocenters. The Balaban J connectivity index is 2.29. The lowest BCUT2D eigenvalue weighted by Crippen LogP contribution is -2.40. The van der Waals surface area contributed by atoms with E-state index >= 15 is 0 Å². The van der Waals surface area contributed by atoms with E-state index < -0.39 is 11.4 Å². The van der Waals surface area contributed by atoms with E-state index in [1.807, 2.05) is 0 Å². The van der Waals surface area contributed by atoms with Gasteiger partial charge in [0.05, 0.1) is 0 Å². The van der Waals surface area contributed by atoms with Crippen LogP contribution >= 0.6 is 0 Å². The van der Waals surface area contributed by atoms with Gasteiger partial charge in [-0.15, -0.1) is 0 Å². The molecule has 1 aromatic carbocycles. The van der Waals surface area contributed by atoms with E-state index in [2.05, 4.69) is 0 Å². The van der Waals surface area contributed by atoms with Crippen LogP contribution in [0.2, 0.25) is 0 Å². The van der Waals surface area contributed by atoms with Crippen molar-refractivity contribution in [2.75, 3.05) is 0 Å². The SMILES string of the molecule is Cc1cc(F)cc(C(=O)C2(O)CCCCC2)c1. The Hall–Kier alpha value is -1.22. The van der Waals surface area contributed by atoms with E-state index in [0.29, 0.717) is 18.4 Å². The van der Waals surface area contributed by atoms with Crippen molar-refractivity contribution in [1.29, 1.82) is 0 Å². The van der Waals surface area contributed by atoms with Crippen LogP contribution in [-0.2, 0) is 0 Å². The number of halogens is 1. The Morgan fingerprint density at radius 3 is 2.47 bits per heavy atom. The predicted molar refractivity (Wildman–Crippen MR) is 63.5 cm³/mol. The molecule has 3 heteroatoms. The molecule has 0 heterocycles. The first-order valence-corrected chi connectivity index (χ1v) is 6.06. The van der Waals surface area contributed by atoms with Crippen molar-refractivity contribution in [2.45, 2.75) is 44.6 Å². The number of carbonyl (C=O) groups excluding carboxylic acids is 1. The van der Waals surface area contributed by atoms with Crippen molar-refractivity contribution >= 4 is 5.78 Å². The first-order valence-electron chi connectivity index (χ1n) is 6.06.